The molecule has 0 rings (SSSR count). The summed E-state index contributed by atoms with van der Waals surface area (Å²) in [6.45, 7) is 6.60. The topological polar surface area (TPSA) is 78.9 Å². The van der Waals surface area contributed by atoms with Crippen molar-refractivity contribution in [1.82, 2.24) is 0 Å². The first kappa shape index (κ1) is 68.1. The fourth-order valence-corrected chi connectivity index (χ4v) is 8.84. The molecule has 0 radical (unpaired) electrons. The molecule has 0 aliphatic rings. The van der Waals surface area contributed by atoms with Gasteiger partial charge in [-0.25, -0.2) is 0 Å². The van der Waals surface area contributed by atoms with Crippen LogP contribution < -0.4 is 0 Å². The maximum absolute atomic E-state index is 12.9. The van der Waals surface area contributed by atoms with Crippen LogP contribution in [0, 0.1) is 0 Å². The molecule has 0 N–H and O–H groups in total. The van der Waals surface area contributed by atoms with Crippen molar-refractivity contribution in [3.63, 3.8) is 0 Å². The van der Waals surface area contributed by atoms with Crippen LogP contribution in [0.15, 0.2) is 60.8 Å². The lowest BCUT2D eigenvalue weighted by atomic mass is 10.0. The average molecular weight is 994 g/mol. The van der Waals surface area contributed by atoms with E-state index in [2.05, 4.69) is 81.5 Å². The van der Waals surface area contributed by atoms with Gasteiger partial charge in [0.2, 0.25) is 0 Å². The van der Waals surface area contributed by atoms with Crippen molar-refractivity contribution in [3.05, 3.63) is 60.8 Å². The van der Waals surface area contributed by atoms with Gasteiger partial charge in [0.15, 0.2) is 6.10 Å². The number of hydrogen-bond donors (Lipinski definition) is 0. The van der Waals surface area contributed by atoms with Gasteiger partial charge in [0.05, 0.1) is 0 Å². The first-order chi connectivity index (χ1) is 35.0. The van der Waals surface area contributed by atoms with Crippen molar-refractivity contribution in [2.24, 2.45) is 0 Å². The van der Waals surface area contributed by atoms with Gasteiger partial charge >= 0.3 is 17.9 Å². The molecule has 0 bridgehead atoms. The van der Waals surface area contributed by atoms with Crippen molar-refractivity contribution in [2.75, 3.05) is 13.2 Å². The zero-order chi connectivity index (χ0) is 51.4. The first-order valence-electron chi connectivity index (χ1n) is 30.8. The molecule has 0 aromatic heterocycles. The molecular weight excluding hydrogens is 877 g/mol. The van der Waals surface area contributed by atoms with Gasteiger partial charge in [-0.05, 0) is 83.5 Å². The molecule has 1 atom stereocenters. The summed E-state index contributed by atoms with van der Waals surface area (Å²) in [5.74, 6) is -0.939. The lowest BCUT2D eigenvalue weighted by Crippen LogP contribution is -2.30. The molecule has 0 aliphatic heterocycles. The van der Waals surface area contributed by atoms with E-state index in [0.29, 0.717) is 19.3 Å². The van der Waals surface area contributed by atoms with E-state index >= 15 is 0 Å². The van der Waals surface area contributed by atoms with E-state index in [1.807, 2.05) is 0 Å². The summed E-state index contributed by atoms with van der Waals surface area (Å²) in [5, 5.41) is 0. The van der Waals surface area contributed by atoms with Crippen LogP contribution in [0.2, 0.25) is 0 Å². The van der Waals surface area contributed by atoms with Crippen LogP contribution in [0.4, 0.5) is 0 Å². The Bertz CT molecular complexity index is 1280. The Labute approximate surface area is 440 Å². The van der Waals surface area contributed by atoms with Crippen LogP contribution >= 0.6 is 0 Å². The monoisotopic (exact) mass is 993 g/mol. The van der Waals surface area contributed by atoms with Crippen LogP contribution in [0.3, 0.4) is 0 Å². The molecule has 0 saturated heterocycles. The Kier molecular flexibility index (Phi) is 57.2. The van der Waals surface area contributed by atoms with E-state index in [1.165, 1.54) is 199 Å². The lowest BCUT2D eigenvalue weighted by Gasteiger charge is -2.18. The van der Waals surface area contributed by atoms with Gasteiger partial charge in [0.1, 0.15) is 13.2 Å². The summed E-state index contributed by atoms with van der Waals surface area (Å²) < 4.78 is 16.9. The fourth-order valence-electron chi connectivity index (χ4n) is 8.84. The van der Waals surface area contributed by atoms with Gasteiger partial charge < -0.3 is 14.2 Å². The standard InChI is InChI=1S/C65H116O6/c1-4-7-10-13-16-19-22-25-28-31-32-35-37-40-43-46-49-52-55-58-64(67)70-61-62(71-65(68)59-56-53-50-47-44-41-38-34-30-27-24-21-18-15-12-9-6-3)60-69-63(66)57-54-51-48-45-42-39-36-33-29-26-23-20-17-14-11-8-5-2/h17,20,26-27,29-30,38,41,47,50,62H,4-16,18-19,21-25,28,31-37,39-40,42-46,48-49,51-61H2,1-3H3/b20-17-,29-26-,30-27-,41-38-,50-47-. The summed E-state index contributed by atoms with van der Waals surface area (Å²) in [5.41, 5.74) is 0. The Morgan fingerprint density at radius 1 is 0.282 bits per heavy atom. The number of esters is 3. The number of carbonyl (C=O) groups excluding carboxylic acids is 3. The molecule has 1 unspecified atom stereocenters. The van der Waals surface area contributed by atoms with Gasteiger partial charge in [-0.2, -0.15) is 0 Å². The minimum absolute atomic E-state index is 0.0938. The van der Waals surface area contributed by atoms with Crippen molar-refractivity contribution in [2.45, 2.75) is 322 Å². The van der Waals surface area contributed by atoms with Crippen LogP contribution in [0.25, 0.3) is 0 Å². The fraction of sp³-hybridized carbons (Fsp3) is 0.800. The van der Waals surface area contributed by atoms with Gasteiger partial charge in [-0.3, -0.25) is 14.4 Å². The van der Waals surface area contributed by atoms with E-state index in [0.717, 1.165) is 70.6 Å². The van der Waals surface area contributed by atoms with Crippen molar-refractivity contribution < 1.29 is 28.6 Å². The Hall–Kier alpha value is -2.89. The molecule has 0 spiro atoms. The summed E-state index contributed by atoms with van der Waals surface area (Å²) >= 11 is 0. The molecule has 0 aromatic rings. The highest BCUT2D eigenvalue weighted by Gasteiger charge is 2.19. The van der Waals surface area contributed by atoms with Crippen molar-refractivity contribution in [3.8, 4) is 0 Å². The number of carbonyl (C=O) groups is 3. The normalized spacial score (nSPS) is 12.4. The highest BCUT2D eigenvalue weighted by molar-refractivity contribution is 5.71. The quantitative estimate of drug-likeness (QED) is 0.0261. The van der Waals surface area contributed by atoms with Gasteiger partial charge in [-0.15, -0.1) is 0 Å². The second-order valence-corrected chi connectivity index (χ2v) is 20.6. The molecule has 412 valence electrons. The number of hydrogen-bond acceptors (Lipinski definition) is 6. The maximum atomic E-state index is 12.9. The van der Waals surface area contributed by atoms with E-state index in [9.17, 15) is 14.4 Å². The molecule has 0 aliphatic carbocycles. The Balaban J connectivity index is 4.42. The summed E-state index contributed by atoms with van der Waals surface area (Å²) in [4.78, 5) is 38.2. The van der Waals surface area contributed by atoms with Crippen LogP contribution in [0.1, 0.15) is 316 Å². The third-order valence-corrected chi connectivity index (χ3v) is 13.5. The average Bonchev–Trinajstić information content (AvgIpc) is 3.37. The van der Waals surface area contributed by atoms with Gasteiger partial charge in [0.25, 0.3) is 0 Å². The van der Waals surface area contributed by atoms with Crippen LogP contribution in [-0.4, -0.2) is 37.2 Å². The molecule has 6 nitrogen and oxygen atoms in total. The molecule has 71 heavy (non-hydrogen) atoms. The number of allylic oxidation sites excluding steroid dienone is 10. The predicted molar refractivity (Wildman–Crippen MR) is 307 cm³/mol. The number of rotatable bonds is 56. The number of ether oxygens (including phenoxy) is 3. The van der Waals surface area contributed by atoms with Gasteiger partial charge in [-0.1, -0.05) is 274 Å². The second kappa shape index (κ2) is 59.7. The van der Waals surface area contributed by atoms with E-state index in [-0.39, 0.29) is 37.5 Å². The molecule has 0 fully saturated rings. The van der Waals surface area contributed by atoms with E-state index in [4.69, 9.17) is 14.2 Å². The SMILES string of the molecule is CCCCC/C=C\C/C=C\CCCCCCCCCC(=O)OCC(COC(=O)CCCCCCCCCCCCCCCCCCCCC)OC(=O)CCC/C=C\C/C=C\C/C=C\CCCCCCCC. The third kappa shape index (κ3) is 57.9. The molecule has 0 heterocycles. The summed E-state index contributed by atoms with van der Waals surface area (Å²) in [6, 6.07) is 0. The van der Waals surface area contributed by atoms with Crippen molar-refractivity contribution in [1.29, 1.82) is 0 Å². The minimum Gasteiger partial charge on any atom is -0.462 e. The van der Waals surface area contributed by atoms with E-state index in [1.54, 1.807) is 0 Å². The van der Waals surface area contributed by atoms with Crippen LogP contribution in [0.5, 0.6) is 0 Å². The highest BCUT2D eigenvalue weighted by Crippen LogP contribution is 2.16. The summed E-state index contributed by atoms with van der Waals surface area (Å²) in [6.07, 6.45) is 75.1. The maximum Gasteiger partial charge on any atom is 0.306 e. The Morgan fingerprint density at radius 3 is 0.859 bits per heavy atom. The number of unbranched alkanes of at least 4 members (excludes halogenated alkanes) is 35. The zero-order valence-corrected chi connectivity index (χ0v) is 47.2. The van der Waals surface area contributed by atoms with Crippen molar-refractivity contribution >= 4 is 17.9 Å². The molecular formula is C65H116O6. The molecule has 0 saturated carbocycles. The third-order valence-electron chi connectivity index (χ3n) is 13.5. The second-order valence-electron chi connectivity index (χ2n) is 20.6. The van der Waals surface area contributed by atoms with Crippen LogP contribution in [-0.2, 0) is 28.6 Å². The predicted octanol–water partition coefficient (Wildman–Crippen LogP) is 20.8. The largest absolute Gasteiger partial charge is 0.462 e. The van der Waals surface area contributed by atoms with Gasteiger partial charge in [0, 0.05) is 19.3 Å². The zero-order valence-electron chi connectivity index (χ0n) is 47.2. The van der Waals surface area contributed by atoms with E-state index < -0.39 is 6.10 Å². The highest BCUT2D eigenvalue weighted by atomic mass is 16.6. The summed E-state index contributed by atoms with van der Waals surface area (Å²) in [7, 11) is 0. The molecule has 6 heteroatoms. The first-order valence-corrected chi connectivity index (χ1v) is 30.8. The molecule has 0 amide bonds. The lowest BCUT2D eigenvalue weighted by molar-refractivity contribution is -0.167. The minimum atomic E-state index is -0.803. The Morgan fingerprint density at radius 2 is 0.521 bits per heavy atom. The molecule has 0 aromatic carbocycles. The smallest absolute Gasteiger partial charge is 0.306 e.